The summed E-state index contributed by atoms with van der Waals surface area (Å²) in [6.07, 6.45) is 0.908. The van der Waals surface area contributed by atoms with Crippen LogP contribution in [0.15, 0.2) is 0 Å². The Morgan fingerprint density at radius 1 is 1.16 bits per heavy atom. The Labute approximate surface area is 109 Å². The first-order chi connectivity index (χ1) is 8.61. The highest BCUT2D eigenvalue weighted by Gasteiger charge is 2.40. The molecule has 2 atom stereocenters. The van der Waals surface area contributed by atoms with Crippen molar-refractivity contribution in [1.29, 1.82) is 0 Å². The van der Waals surface area contributed by atoms with Crippen molar-refractivity contribution in [3.05, 3.63) is 0 Å². The van der Waals surface area contributed by atoms with Crippen molar-refractivity contribution in [2.24, 2.45) is 11.8 Å². The molecule has 0 bridgehead atoms. The molecule has 0 aromatic carbocycles. The third kappa shape index (κ3) is 4.19. The van der Waals surface area contributed by atoms with E-state index in [1.807, 2.05) is 0 Å². The van der Waals surface area contributed by atoms with E-state index in [0.29, 0.717) is 0 Å². The van der Waals surface area contributed by atoms with Gasteiger partial charge in [-0.05, 0) is 6.42 Å². The zero-order valence-electron chi connectivity index (χ0n) is 10.3. The van der Waals surface area contributed by atoms with Gasteiger partial charge in [-0.15, -0.1) is 0 Å². The lowest BCUT2D eigenvalue weighted by Crippen LogP contribution is -2.49. The molecular weight excluding hydrogens is 278 g/mol. The van der Waals surface area contributed by atoms with Crippen molar-refractivity contribution in [2.45, 2.75) is 6.42 Å². The van der Waals surface area contributed by atoms with Gasteiger partial charge in [-0.2, -0.15) is 0 Å². The van der Waals surface area contributed by atoms with Crippen LogP contribution in [-0.4, -0.2) is 66.5 Å². The topological polar surface area (TPSA) is 129 Å². The Kier molecular flexibility index (Phi) is 4.51. The molecule has 108 valence electrons. The van der Waals surface area contributed by atoms with Crippen LogP contribution in [-0.2, 0) is 24.2 Å². The highest BCUT2D eigenvalue weighted by molar-refractivity contribution is 7.91. The average molecular weight is 293 g/mol. The molecule has 0 spiro atoms. The number of aliphatic carboxylic acids is 2. The van der Waals surface area contributed by atoms with Crippen LogP contribution < -0.4 is 0 Å². The van der Waals surface area contributed by atoms with E-state index in [1.54, 1.807) is 0 Å². The number of nitrogens with zero attached hydrogens (tertiary/aromatic N) is 1. The van der Waals surface area contributed by atoms with E-state index >= 15 is 0 Å². The summed E-state index contributed by atoms with van der Waals surface area (Å²) in [5.41, 5.74) is 0. The molecule has 1 aliphatic heterocycles. The predicted octanol–water partition coefficient (Wildman–Crippen LogP) is -1.34. The number of sulfone groups is 1. The van der Waals surface area contributed by atoms with Gasteiger partial charge in [-0.1, -0.05) is 0 Å². The molecule has 1 saturated heterocycles. The Balaban J connectivity index is 2.80. The smallest absolute Gasteiger partial charge is 0.309 e. The normalized spacial score (nSPS) is 23.9. The summed E-state index contributed by atoms with van der Waals surface area (Å²) in [6, 6.07) is 0. The first kappa shape index (κ1) is 15.4. The first-order valence-corrected chi connectivity index (χ1v) is 7.59. The molecule has 0 saturated carbocycles. The molecule has 0 aliphatic carbocycles. The van der Waals surface area contributed by atoms with Crippen molar-refractivity contribution in [2.75, 3.05) is 25.1 Å². The Bertz CT molecular complexity index is 498. The van der Waals surface area contributed by atoms with E-state index in [0.717, 1.165) is 11.2 Å². The Morgan fingerprint density at radius 2 is 1.68 bits per heavy atom. The summed E-state index contributed by atoms with van der Waals surface area (Å²) < 4.78 is 22.0. The summed E-state index contributed by atoms with van der Waals surface area (Å²) >= 11 is 0. The van der Waals surface area contributed by atoms with E-state index in [9.17, 15) is 22.8 Å². The standard InChI is InChI=1S/C10H15NO7S/c1-19(17,18)5-8(12)11-3-2-6(9(13)14)7(4-11)10(15)16/h6-7H,2-5H2,1H3,(H,13,14)(H,15,16). The van der Waals surface area contributed by atoms with Gasteiger partial charge >= 0.3 is 11.9 Å². The molecule has 1 rings (SSSR count). The van der Waals surface area contributed by atoms with Gasteiger partial charge in [0, 0.05) is 19.3 Å². The minimum atomic E-state index is -3.50. The maximum Gasteiger partial charge on any atom is 0.309 e. The van der Waals surface area contributed by atoms with Crippen LogP contribution >= 0.6 is 0 Å². The van der Waals surface area contributed by atoms with Crippen molar-refractivity contribution >= 4 is 27.7 Å². The molecule has 19 heavy (non-hydrogen) atoms. The number of carboxylic acid groups (broad SMARTS) is 2. The molecule has 0 aromatic rings. The molecule has 0 radical (unpaired) electrons. The summed E-state index contributed by atoms with van der Waals surface area (Å²) in [7, 11) is -3.50. The molecule has 2 unspecified atom stereocenters. The van der Waals surface area contributed by atoms with Crippen molar-refractivity contribution < 1.29 is 33.0 Å². The number of rotatable bonds is 4. The molecule has 1 fully saturated rings. The SMILES string of the molecule is CS(=O)(=O)CC(=O)N1CCC(C(=O)O)C(C(=O)O)C1. The number of hydrogen-bond acceptors (Lipinski definition) is 5. The monoisotopic (exact) mass is 293 g/mol. The maximum atomic E-state index is 11.7. The van der Waals surface area contributed by atoms with Crippen LogP contribution in [0.1, 0.15) is 6.42 Å². The van der Waals surface area contributed by atoms with Crippen LogP contribution in [0.25, 0.3) is 0 Å². The largest absolute Gasteiger partial charge is 0.481 e. The second-order valence-corrected chi connectivity index (χ2v) is 6.73. The number of amides is 1. The predicted molar refractivity (Wildman–Crippen MR) is 63.2 cm³/mol. The number of piperidine rings is 1. The molecule has 0 aromatic heterocycles. The second-order valence-electron chi connectivity index (χ2n) is 4.59. The fraction of sp³-hybridized carbons (Fsp3) is 0.700. The number of hydrogen-bond donors (Lipinski definition) is 2. The van der Waals surface area contributed by atoms with E-state index < -0.39 is 45.3 Å². The van der Waals surface area contributed by atoms with Gasteiger partial charge in [0.25, 0.3) is 0 Å². The molecular formula is C10H15NO7S. The van der Waals surface area contributed by atoms with E-state index in [1.165, 1.54) is 0 Å². The highest BCUT2D eigenvalue weighted by atomic mass is 32.2. The number of carboxylic acids is 2. The van der Waals surface area contributed by atoms with E-state index in [2.05, 4.69) is 0 Å². The molecule has 1 aliphatic rings. The molecule has 1 heterocycles. The zero-order valence-corrected chi connectivity index (χ0v) is 11.1. The van der Waals surface area contributed by atoms with Gasteiger partial charge in [0.2, 0.25) is 5.91 Å². The number of carbonyl (C=O) groups excluding carboxylic acids is 1. The summed E-state index contributed by atoms with van der Waals surface area (Å²) in [5.74, 6) is -6.18. The highest BCUT2D eigenvalue weighted by Crippen LogP contribution is 2.24. The van der Waals surface area contributed by atoms with Gasteiger partial charge in [0.05, 0.1) is 11.8 Å². The van der Waals surface area contributed by atoms with Crippen LogP contribution in [0.4, 0.5) is 0 Å². The maximum absolute atomic E-state index is 11.7. The van der Waals surface area contributed by atoms with Crippen molar-refractivity contribution in [3.63, 3.8) is 0 Å². The van der Waals surface area contributed by atoms with Crippen LogP contribution in [0.2, 0.25) is 0 Å². The third-order valence-corrected chi connectivity index (χ3v) is 3.76. The van der Waals surface area contributed by atoms with Gasteiger partial charge in [0.1, 0.15) is 5.75 Å². The fourth-order valence-corrected chi connectivity index (χ4v) is 2.67. The van der Waals surface area contributed by atoms with E-state index in [4.69, 9.17) is 10.2 Å². The molecule has 1 amide bonds. The summed E-state index contributed by atoms with van der Waals surface area (Å²) in [4.78, 5) is 34.7. The number of likely N-dealkylation sites (tertiary alicyclic amines) is 1. The average Bonchev–Trinajstić information content (AvgIpc) is 2.25. The van der Waals surface area contributed by atoms with E-state index in [-0.39, 0.29) is 19.5 Å². The van der Waals surface area contributed by atoms with Gasteiger partial charge < -0.3 is 15.1 Å². The molecule has 2 N–H and O–H groups in total. The zero-order chi connectivity index (χ0) is 14.8. The van der Waals surface area contributed by atoms with Crippen molar-refractivity contribution in [3.8, 4) is 0 Å². The Hall–Kier alpha value is -1.64. The van der Waals surface area contributed by atoms with Gasteiger partial charge in [0.15, 0.2) is 9.84 Å². The second kappa shape index (κ2) is 5.55. The summed E-state index contributed by atoms with van der Waals surface area (Å²) in [6.45, 7) is -0.226. The van der Waals surface area contributed by atoms with Crippen LogP contribution in [0.5, 0.6) is 0 Å². The lowest BCUT2D eigenvalue weighted by atomic mass is 9.85. The minimum absolute atomic E-state index is 0.00179. The molecule has 9 heteroatoms. The van der Waals surface area contributed by atoms with Gasteiger partial charge in [-0.25, -0.2) is 8.42 Å². The Morgan fingerprint density at radius 3 is 2.11 bits per heavy atom. The van der Waals surface area contributed by atoms with Crippen molar-refractivity contribution in [1.82, 2.24) is 4.90 Å². The number of carbonyl (C=O) groups is 3. The third-order valence-electron chi connectivity index (χ3n) is 2.99. The van der Waals surface area contributed by atoms with Gasteiger partial charge in [-0.3, -0.25) is 14.4 Å². The summed E-state index contributed by atoms with van der Waals surface area (Å²) in [5, 5.41) is 17.9. The van der Waals surface area contributed by atoms with Crippen LogP contribution in [0, 0.1) is 11.8 Å². The first-order valence-electron chi connectivity index (χ1n) is 5.53. The quantitative estimate of drug-likeness (QED) is 0.656. The molecule has 8 nitrogen and oxygen atoms in total. The van der Waals surface area contributed by atoms with Crippen LogP contribution in [0.3, 0.4) is 0 Å². The lowest BCUT2D eigenvalue weighted by molar-refractivity contribution is -0.158. The fourth-order valence-electron chi connectivity index (χ4n) is 2.04. The minimum Gasteiger partial charge on any atom is -0.481 e. The lowest BCUT2D eigenvalue weighted by Gasteiger charge is -2.34.